The van der Waals surface area contributed by atoms with E-state index in [0.717, 1.165) is 45.5 Å². The van der Waals surface area contributed by atoms with Crippen molar-refractivity contribution in [1.29, 1.82) is 0 Å². The first-order valence-electron chi connectivity index (χ1n) is 7.51. The summed E-state index contributed by atoms with van der Waals surface area (Å²) in [6.07, 6.45) is 4.75. The second kappa shape index (κ2) is 18.0. The Morgan fingerprint density at radius 3 is 2.33 bits per heavy atom. The van der Waals surface area contributed by atoms with Gasteiger partial charge in [-0.15, -0.1) is 26.2 Å². The Hall–Kier alpha value is -0.0105. The molecule has 0 radical (unpaired) electrons. The molecule has 0 bridgehead atoms. The van der Waals surface area contributed by atoms with Gasteiger partial charge in [0.05, 0.1) is 0 Å². The summed E-state index contributed by atoms with van der Waals surface area (Å²) in [4.78, 5) is 2.15. The fourth-order valence-corrected chi connectivity index (χ4v) is 2.11. The Balaban J connectivity index is 0. The smallest absolute Gasteiger partial charge is 0.814 e. The third-order valence-corrected chi connectivity index (χ3v) is 3.10. The van der Waals surface area contributed by atoms with Crippen LogP contribution in [0.1, 0.15) is 26.2 Å². The average molecular weight is 337 g/mol. The molecule has 0 aromatic heterocycles. The fourth-order valence-electron chi connectivity index (χ4n) is 2.11. The number of hydrogen-bond acceptors (Lipinski definition) is 1. The van der Waals surface area contributed by atoms with Gasteiger partial charge in [0.15, 0.2) is 0 Å². The summed E-state index contributed by atoms with van der Waals surface area (Å²) in [5, 5.41) is 16.5. The van der Waals surface area contributed by atoms with Gasteiger partial charge >= 0.3 is 17.1 Å². The summed E-state index contributed by atoms with van der Waals surface area (Å²) in [6.45, 7) is 7.52. The zero-order valence-corrected chi connectivity index (χ0v) is 14.2. The number of piperidine rings is 1. The van der Waals surface area contributed by atoms with Crippen molar-refractivity contribution in [3.05, 3.63) is 27.5 Å². The molecular weight excluding hydrogens is 308 g/mol. The molecule has 1 heterocycles. The number of nitrogens with one attached hydrogen (secondary N) is 2. The van der Waals surface area contributed by atoms with Gasteiger partial charge in [-0.2, -0.15) is 12.6 Å². The topological polar surface area (TPSA) is 101 Å². The van der Waals surface area contributed by atoms with Crippen molar-refractivity contribution in [3.63, 3.8) is 0 Å². The van der Waals surface area contributed by atoms with Gasteiger partial charge in [0.25, 0.3) is 0 Å². The largest absolute Gasteiger partial charge is 6.00 e. The van der Waals surface area contributed by atoms with Crippen LogP contribution in [0.5, 0.6) is 0 Å². The van der Waals surface area contributed by atoms with Gasteiger partial charge in [-0.3, -0.25) is 0 Å². The Labute approximate surface area is 140 Å². The van der Waals surface area contributed by atoms with Crippen molar-refractivity contribution in [2.24, 2.45) is 0 Å². The van der Waals surface area contributed by atoms with Crippen LogP contribution >= 0.6 is 0 Å². The zero-order chi connectivity index (χ0) is 15.1. The van der Waals surface area contributed by atoms with Crippen molar-refractivity contribution >= 4 is 6.21 Å². The van der Waals surface area contributed by atoms with Gasteiger partial charge in [-0.1, -0.05) is 26.2 Å². The SMILES string of the molecule is CC=[N-].[Fe+6].[NH-]CCN(CC[NH-])CC[N-]CC1CCCC[N-]1. The number of nitrogens with zero attached hydrogens (tertiary/aromatic N) is 4. The van der Waals surface area contributed by atoms with E-state index in [1.54, 1.807) is 6.92 Å². The van der Waals surface area contributed by atoms with E-state index in [2.05, 4.69) is 15.5 Å². The van der Waals surface area contributed by atoms with Crippen molar-refractivity contribution in [3.8, 4) is 0 Å². The molecule has 122 valence electrons. The van der Waals surface area contributed by atoms with Gasteiger partial charge in [-0.25, -0.2) is 6.21 Å². The van der Waals surface area contributed by atoms with Crippen molar-refractivity contribution < 1.29 is 17.1 Å². The van der Waals surface area contributed by atoms with Crippen molar-refractivity contribution in [1.82, 2.24) is 4.90 Å². The van der Waals surface area contributed by atoms with E-state index in [9.17, 15) is 0 Å². The second-order valence-corrected chi connectivity index (χ2v) is 4.79. The van der Waals surface area contributed by atoms with E-state index in [1.807, 2.05) is 0 Å². The molecule has 7 heteroatoms. The molecule has 1 atom stereocenters. The van der Waals surface area contributed by atoms with Crippen molar-refractivity contribution in [2.75, 3.05) is 52.4 Å². The third-order valence-electron chi connectivity index (χ3n) is 3.10. The Morgan fingerprint density at radius 2 is 1.86 bits per heavy atom. The monoisotopic (exact) mass is 337 g/mol. The molecule has 0 aromatic rings. The van der Waals surface area contributed by atoms with Crippen LogP contribution in [0.4, 0.5) is 0 Å². The molecule has 1 aliphatic rings. The molecule has 0 saturated carbocycles. The van der Waals surface area contributed by atoms with E-state index in [4.69, 9.17) is 16.9 Å². The summed E-state index contributed by atoms with van der Waals surface area (Å²) in [5.74, 6) is 0. The Morgan fingerprint density at radius 1 is 1.24 bits per heavy atom. The second-order valence-electron chi connectivity index (χ2n) is 4.79. The van der Waals surface area contributed by atoms with Crippen LogP contribution in [0.3, 0.4) is 0 Å². The van der Waals surface area contributed by atoms with Crippen LogP contribution < -0.4 is 0 Å². The van der Waals surface area contributed by atoms with E-state index >= 15 is 0 Å². The molecule has 0 amide bonds. The van der Waals surface area contributed by atoms with Crippen LogP contribution in [0.2, 0.25) is 0 Å². The van der Waals surface area contributed by atoms with Gasteiger partial charge < -0.3 is 32.4 Å². The maximum absolute atomic E-state index is 7.44. The first kappa shape index (κ1) is 23.3. The van der Waals surface area contributed by atoms with E-state index < -0.39 is 0 Å². The minimum Gasteiger partial charge on any atom is -0.814 e. The van der Waals surface area contributed by atoms with E-state index in [0.29, 0.717) is 19.1 Å². The van der Waals surface area contributed by atoms with Crippen LogP contribution in [-0.4, -0.2) is 69.5 Å². The molecular formula is C14H29FeN6+. The molecule has 1 saturated heterocycles. The molecule has 0 spiro atoms. The van der Waals surface area contributed by atoms with Crippen LogP contribution in [0, 0.1) is 0 Å². The molecule has 21 heavy (non-hydrogen) atoms. The summed E-state index contributed by atoms with van der Waals surface area (Å²) in [5.41, 5.74) is 14.4. The summed E-state index contributed by atoms with van der Waals surface area (Å²) in [7, 11) is 0. The standard InChI is InChI=1S/C12H25N5.C2H4N.Fe/c13-4-8-17(9-5-14)10-7-15-11-12-3-1-2-6-16-12;1-2-3;/h12-14H,1-11H2;2H,1H3;/q-4;-1;+6. The summed E-state index contributed by atoms with van der Waals surface area (Å²) < 4.78 is 0. The molecule has 0 aliphatic carbocycles. The molecule has 1 fully saturated rings. The van der Waals surface area contributed by atoms with Gasteiger partial charge in [0, 0.05) is 0 Å². The minimum absolute atomic E-state index is 0. The normalized spacial score (nSPS) is 17.6. The fraction of sp³-hybridized carbons (Fsp3) is 0.929. The van der Waals surface area contributed by atoms with Crippen LogP contribution in [0.15, 0.2) is 0 Å². The van der Waals surface area contributed by atoms with E-state index in [-0.39, 0.29) is 17.1 Å². The van der Waals surface area contributed by atoms with Gasteiger partial charge in [0.2, 0.25) is 0 Å². The van der Waals surface area contributed by atoms with Gasteiger partial charge in [-0.05, 0) is 19.6 Å². The van der Waals surface area contributed by atoms with E-state index in [1.165, 1.54) is 19.3 Å². The predicted molar refractivity (Wildman–Crippen MR) is 88.9 cm³/mol. The number of hydrogen-bond donors (Lipinski definition) is 0. The third kappa shape index (κ3) is 14.7. The predicted octanol–water partition coefficient (Wildman–Crippen LogP) is 3.34. The molecule has 6 nitrogen and oxygen atoms in total. The maximum atomic E-state index is 7.44. The Bertz CT molecular complexity index is 206. The molecule has 1 aliphatic heterocycles. The average Bonchev–Trinajstić information content (AvgIpc) is 2.46. The molecule has 1 rings (SSSR count). The van der Waals surface area contributed by atoms with Crippen molar-refractivity contribution in [2.45, 2.75) is 32.2 Å². The first-order chi connectivity index (χ1) is 9.78. The molecule has 2 N–H and O–H groups in total. The first-order valence-corrected chi connectivity index (χ1v) is 7.51. The molecule has 0 aromatic carbocycles. The zero-order valence-electron chi connectivity index (χ0n) is 13.1. The van der Waals surface area contributed by atoms with Crippen LogP contribution in [0.25, 0.3) is 27.5 Å². The quantitative estimate of drug-likeness (QED) is 0.359. The molecule has 1 unspecified atom stereocenters. The summed E-state index contributed by atoms with van der Waals surface area (Å²) in [6, 6.07) is 0.463. The Kier molecular flexibility index (Phi) is 20.0. The van der Waals surface area contributed by atoms with Crippen LogP contribution in [-0.2, 0) is 17.1 Å². The number of rotatable bonds is 9. The maximum Gasteiger partial charge on any atom is 6.00 e. The van der Waals surface area contributed by atoms with Gasteiger partial charge in [0.1, 0.15) is 0 Å². The summed E-state index contributed by atoms with van der Waals surface area (Å²) >= 11 is 0. The minimum atomic E-state index is 0.